The molecule has 5 nitrogen and oxygen atoms in total. The summed E-state index contributed by atoms with van der Waals surface area (Å²) in [6.07, 6.45) is 0.578. The Bertz CT molecular complexity index is 877. The van der Waals surface area contributed by atoms with Crippen LogP contribution >= 0.6 is 10.2 Å². The quantitative estimate of drug-likeness (QED) is 0.293. The molecule has 11 heteroatoms. The van der Waals surface area contributed by atoms with Gasteiger partial charge in [0.25, 0.3) is 0 Å². The van der Waals surface area contributed by atoms with Crippen molar-refractivity contribution in [3.8, 4) is 5.75 Å². The second-order valence-electron chi connectivity index (χ2n) is 5.23. The van der Waals surface area contributed by atoms with Crippen molar-refractivity contribution >= 4 is 28.4 Å². The molecule has 27 heavy (non-hydrogen) atoms. The van der Waals surface area contributed by atoms with Gasteiger partial charge in [-0.05, 0) is 48.5 Å². The van der Waals surface area contributed by atoms with Crippen molar-refractivity contribution in [2.24, 2.45) is 0 Å². The fourth-order valence-electron chi connectivity index (χ4n) is 1.83. The van der Waals surface area contributed by atoms with Crippen molar-refractivity contribution in [3.63, 3.8) is 0 Å². The molecule has 0 atom stereocenters. The molecule has 0 aliphatic rings. The normalized spacial score (nSPS) is 13.8. The molecular formula is C16H11F5O5S. The minimum absolute atomic E-state index is 0.0606. The maximum absolute atomic E-state index is 12.6. The summed E-state index contributed by atoms with van der Waals surface area (Å²) in [5.74, 6) is -2.12. The lowest BCUT2D eigenvalue weighted by molar-refractivity contribution is -0.137. The van der Waals surface area contributed by atoms with Crippen molar-refractivity contribution in [2.45, 2.75) is 4.90 Å². The van der Waals surface area contributed by atoms with E-state index in [-0.39, 0.29) is 17.9 Å². The summed E-state index contributed by atoms with van der Waals surface area (Å²) in [5.41, 5.74) is -0.111. The molecule has 2 aromatic rings. The molecule has 0 aromatic heterocycles. The molecule has 0 radical (unpaired) electrons. The first-order valence-corrected chi connectivity index (χ1v) is 9.01. The molecule has 0 amide bonds. The molecule has 0 saturated heterocycles. The highest BCUT2D eigenvalue weighted by Crippen LogP contribution is 3.02. The molecule has 0 bridgehead atoms. The van der Waals surface area contributed by atoms with Crippen LogP contribution in [0.5, 0.6) is 5.75 Å². The predicted octanol–water partition coefficient (Wildman–Crippen LogP) is 4.92. The van der Waals surface area contributed by atoms with E-state index < -0.39 is 39.2 Å². The van der Waals surface area contributed by atoms with Gasteiger partial charge in [-0.15, -0.1) is 0 Å². The summed E-state index contributed by atoms with van der Waals surface area (Å²) in [4.78, 5) is 31.6. The molecule has 2 aromatic carbocycles. The Kier molecular flexibility index (Phi) is 4.78. The van der Waals surface area contributed by atoms with Crippen molar-refractivity contribution in [2.75, 3.05) is 6.61 Å². The Morgan fingerprint density at radius 1 is 0.889 bits per heavy atom. The third-order valence-electron chi connectivity index (χ3n) is 3.10. The van der Waals surface area contributed by atoms with Crippen LogP contribution in [-0.2, 0) is 9.53 Å². The van der Waals surface area contributed by atoms with Crippen LogP contribution in [0.3, 0.4) is 0 Å². The van der Waals surface area contributed by atoms with Gasteiger partial charge in [-0.25, -0.2) is 9.59 Å². The number of rotatable bonds is 6. The molecule has 0 spiro atoms. The molecule has 2 rings (SSSR count). The number of aldehydes is 1. The number of esters is 2. The van der Waals surface area contributed by atoms with E-state index in [0.717, 1.165) is 0 Å². The Hall–Kier alpha value is -2.95. The van der Waals surface area contributed by atoms with Crippen LogP contribution in [0.2, 0.25) is 0 Å². The van der Waals surface area contributed by atoms with Gasteiger partial charge in [0.1, 0.15) is 16.9 Å². The zero-order valence-corrected chi connectivity index (χ0v) is 14.1. The van der Waals surface area contributed by atoms with E-state index in [4.69, 9.17) is 4.74 Å². The number of hydrogen-bond acceptors (Lipinski definition) is 5. The monoisotopic (exact) mass is 410 g/mol. The van der Waals surface area contributed by atoms with Gasteiger partial charge in [0.05, 0.1) is 5.56 Å². The fraction of sp³-hybridized carbons (Fsp3) is 0.0625. The van der Waals surface area contributed by atoms with Crippen LogP contribution in [0.25, 0.3) is 0 Å². The Balaban J connectivity index is 1.95. The molecular weight excluding hydrogens is 399 g/mol. The summed E-state index contributed by atoms with van der Waals surface area (Å²) in [6, 6.07) is 6.54. The number of ether oxygens (including phenoxy) is 2. The summed E-state index contributed by atoms with van der Waals surface area (Å²) in [7, 11) is -9.83. The summed E-state index contributed by atoms with van der Waals surface area (Å²) >= 11 is 0. The van der Waals surface area contributed by atoms with Gasteiger partial charge in [-0.2, -0.15) is 0 Å². The summed E-state index contributed by atoms with van der Waals surface area (Å²) in [5, 5.41) is 0. The molecule has 0 N–H and O–H groups in total. The minimum Gasteiger partial charge on any atom is -0.450 e. The third-order valence-corrected chi connectivity index (χ3v) is 4.27. The van der Waals surface area contributed by atoms with Gasteiger partial charge in [0, 0.05) is 5.56 Å². The molecule has 0 heterocycles. The summed E-state index contributed by atoms with van der Waals surface area (Å²) in [6.45, 7) is -0.864. The number of hydrogen-bond donors (Lipinski definition) is 0. The van der Waals surface area contributed by atoms with E-state index in [9.17, 15) is 33.8 Å². The first-order chi connectivity index (χ1) is 12.3. The minimum atomic E-state index is -9.83. The Labute approximate surface area is 149 Å². The van der Waals surface area contributed by atoms with E-state index in [0.29, 0.717) is 24.0 Å². The lowest BCUT2D eigenvalue weighted by Gasteiger charge is -2.40. The topological polar surface area (TPSA) is 69.7 Å². The van der Waals surface area contributed by atoms with Gasteiger partial charge < -0.3 is 9.47 Å². The van der Waals surface area contributed by atoms with Crippen molar-refractivity contribution in [1.29, 1.82) is 0 Å². The van der Waals surface area contributed by atoms with Gasteiger partial charge in [-0.3, -0.25) is 4.79 Å². The molecule has 0 aliphatic carbocycles. The average Bonchev–Trinajstić information content (AvgIpc) is 2.58. The van der Waals surface area contributed by atoms with Crippen molar-refractivity contribution < 1.29 is 43.3 Å². The van der Waals surface area contributed by atoms with Gasteiger partial charge in [0.15, 0.2) is 6.61 Å². The smallest absolute Gasteiger partial charge is 0.349 e. The second-order valence-corrected chi connectivity index (χ2v) is 7.64. The van der Waals surface area contributed by atoms with E-state index in [1.54, 1.807) is 0 Å². The lowest BCUT2D eigenvalue weighted by Crippen LogP contribution is -2.19. The SMILES string of the molecule is O=Cc1ccc(OC(=O)COC(=O)c2ccc(S(F)(F)(F)(F)F)cc2)cc1. The number of benzene rings is 2. The molecule has 0 unspecified atom stereocenters. The standard InChI is InChI=1S/C16H11F5O5S/c17-27(18,19,20,21)14-7-3-12(4-8-14)16(24)25-10-15(23)26-13-5-1-11(9-22)2-6-13/h1-9H,10H2. The van der Waals surface area contributed by atoms with Crippen molar-refractivity contribution in [3.05, 3.63) is 59.7 Å². The predicted molar refractivity (Wildman–Crippen MR) is 85.6 cm³/mol. The van der Waals surface area contributed by atoms with E-state index >= 15 is 0 Å². The maximum Gasteiger partial charge on any atom is 0.349 e. The molecule has 0 fully saturated rings. The zero-order valence-electron chi connectivity index (χ0n) is 13.2. The molecule has 146 valence electrons. The van der Waals surface area contributed by atoms with Gasteiger partial charge >= 0.3 is 22.2 Å². The first-order valence-electron chi connectivity index (χ1n) is 7.06. The molecule has 0 aliphatic heterocycles. The van der Waals surface area contributed by atoms with Crippen LogP contribution in [0, 0.1) is 0 Å². The van der Waals surface area contributed by atoms with Crippen LogP contribution in [0.1, 0.15) is 20.7 Å². The lowest BCUT2D eigenvalue weighted by atomic mass is 10.2. The zero-order chi connectivity index (χ0) is 20.4. The Morgan fingerprint density at radius 3 is 1.93 bits per heavy atom. The maximum atomic E-state index is 12.6. The van der Waals surface area contributed by atoms with Crippen LogP contribution in [0.15, 0.2) is 53.4 Å². The fourth-order valence-corrected chi connectivity index (χ4v) is 2.48. The molecule has 0 saturated carbocycles. The highest BCUT2D eigenvalue weighted by Gasteiger charge is 2.65. The van der Waals surface area contributed by atoms with Crippen LogP contribution in [0.4, 0.5) is 19.4 Å². The first kappa shape index (κ1) is 20.4. The van der Waals surface area contributed by atoms with Gasteiger partial charge in [0.2, 0.25) is 0 Å². The third kappa shape index (κ3) is 5.78. The highest BCUT2D eigenvalue weighted by atomic mass is 32.5. The summed E-state index contributed by atoms with van der Waals surface area (Å²) < 4.78 is 72.3. The number of carbonyl (C=O) groups excluding carboxylic acids is 3. The van der Waals surface area contributed by atoms with E-state index in [1.165, 1.54) is 24.3 Å². The highest BCUT2D eigenvalue weighted by molar-refractivity contribution is 8.45. The van der Waals surface area contributed by atoms with Crippen LogP contribution < -0.4 is 4.74 Å². The average molecular weight is 410 g/mol. The Morgan fingerprint density at radius 2 is 1.44 bits per heavy atom. The number of halogens is 5. The van der Waals surface area contributed by atoms with Crippen LogP contribution in [-0.4, -0.2) is 24.8 Å². The number of carbonyl (C=O) groups is 3. The second kappa shape index (κ2) is 6.34. The van der Waals surface area contributed by atoms with Gasteiger partial charge in [-0.1, -0.05) is 19.4 Å². The van der Waals surface area contributed by atoms with Crippen molar-refractivity contribution in [1.82, 2.24) is 0 Å². The largest absolute Gasteiger partial charge is 0.450 e. The van der Waals surface area contributed by atoms with E-state index in [1.807, 2.05) is 0 Å². The van der Waals surface area contributed by atoms with E-state index in [2.05, 4.69) is 4.74 Å².